The summed E-state index contributed by atoms with van der Waals surface area (Å²) in [5, 5.41) is 13.2. The zero-order valence-corrected chi connectivity index (χ0v) is 13.9. The standard InChI is InChI=1S/C16H18N4OS/c1-16(2,3)15-19-13(9-17)14(21-15)20-18-10-11-5-7-12(22-4)8-6-11/h5-8,10,20H,1-4H3/b18-10+. The first-order valence-electron chi connectivity index (χ1n) is 6.78. The van der Waals surface area contributed by atoms with Crippen LogP contribution in [0.15, 0.2) is 38.7 Å². The van der Waals surface area contributed by atoms with E-state index < -0.39 is 0 Å². The quantitative estimate of drug-likeness (QED) is 0.524. The van der Waals surface area contributed by atoms with Crippen LogP contribution in [0.2, 0.25) is 0 Å². The zero-order valence-electron chi connectivity index (χ0n) is 13.0. The van der Waals surface area contributed by atoms with E-state index in [2.05, 4.69) is 15.5 Å². The molecule has 0 fully saturated rings. The van der Waals surface area contributed by atoms with Crippen molar-refractivity contribution in [3.8, 4) is 6.07 Å². The van der Waals surface area contributed by atoms with Crippen molar-refractivity contribution >= 4 is 23.9 Å². The summed E-state index contributed by atoms with van der Waals surface area (Å²) < 4.78 is 5.58. The van der Waals surface area contributed by atoms with Gasteiger partial charge in [-0.05, 0) is 24.0 Å². The number of benzene rings is 1. The number of nitrogens with zero attached hydrogens (tertiary/aromatic N) is 3. The molecular formula is C16H18N4OS. The minimum Gasteiger partial charge on any atom is -0.421 e. The zero-order chi connectivity index (χ0) is 16.2. The van der Waals surface area contributed by atoms with Crippen molar-refractivity contribution in [2.24, 2.45) is 5.10 Å². The monoisotopic (exact) mass is 314 g/mol. The Labute approximate surface area is 134 Å². The topological polar surface area (TPSA) is 74.2 Å². The maximum absolute atomic E-state index is 9.10. The third kappa shape index (κ3) is 3.89. The van der Waals surface area contributed by atoms with Gasteiger partial charge >= 0.3 is 0 Å². The maximum Gasteiger partial charge on any atom is 0.252 e. The second-order valence-corrected chi connectivity index (χ2v) is 6.58. The highest BCUT2D eigenvalue weighted by Crippen LogP contribution is 2.26. The van der Waals surface area contributed by atoms with E-state index in [1.807, 2.05) is 57.4 Å². The third-order valence-corrected chi connectivity index (χ3v) is 3.61. The summed E-state index contributed by atoms with van der Waals surface area (Å²) in [6.07, 6.45) is 3.70. The predicted molar refractivity (Wildman–Crippen MR) is 89.4 cm³/mol. The van der Waals surface area contributed by atoms with Crippen molar-refractivity contribution in [1.82, 2.24) is 4.98 Å². The van der Waals surface area contributed by atoms with E-state index >= 15 is 0 Å². The smallest absolute Gasteiger partial charge is 0.252 e. The molecule has 1 N–H and O–H groups in total. The number of nitriles is 1. The Morgan fingerprint density at radius 1 is 1.32 bits per heavy atom. The fraction of sp³-hybridized carbons (Fsp3) is 0.312. The Morgan fingerprint density at radius 3 is 2.55 bits per heavy atom. The van der Waals surface area contributed by atoms with E-state index in [0.29, 0.717) is 5.89 Å². The summed E-state index contributed by atoms with van der Waals surface area (Å²) in [4.78, 5) is 5.38. The average molecular weight is 314 g/mol. The molecule has 1 heterocycles. The fourth-order valence-electron chi connectivity index (χ4n) is 1.65. The molecule has 6 heteroatoms. The minimum atomic E-state index is -0.261. The van der Waals surface area contributed by atoms with Gasteiger partial charge in [-0.3, -0.25) is 0 Å². The molecule has 0 saturated carbocycles. The van der Waals surface area contributed by atoms with Crippen LogP contribution in [0, 0.1) is 11.3 Å². The van der Waals surface area contributed by atoms with Crippen molar-refractivity contribution in [1.29, 1.82) is 5.26 Å². The lowest BCUT2D eigenvalue weighted by atomic mass is 9.97. The second kappa shape index (κ2) is 6.67. The SMILES string of the molecule is CSc1ccc(/C=N/Nc2oc(C(C)(C)C)nc2C#N)cc1. The molecule has 0 radical (unpaired) electrons. The predicted octanol–water partition coefficient (Wildman–Crippen LogP) is 4.01. The summed E-state index contributed by atoms with van der Waals surface area (Å²) in [6, 6.07) is 10.0. The maximum atomic E-state index is 9.10. The lowest BCUT2D eigenvalue weighted by Crippen LogP contribution is -2.11. The van der Waals surface area contributed by atoms with Crippen molar-refractivity contribution < 1.29 is 4.42 Å². The van der Waals surface area contributed by atoms with Crippen LogP contribution in [0.3, 0.4) is 0 Å². The molecule has 5 nitrogen and oxygen atoms in total. The first-order valence-corrected chi connectivity index (χ1v) is 8.01. The van der Waals surface area contributed by atoms with Crippen LogP contribution in [0.5, 0.6) is 0 Å². The number of oxazole rings is 1. The molecule has 0 aliphatic carbocycles. The van der Waals surface area contributed by atoms with Crippen molar-refractivity contribution in [2.45, 2.75) is 31.1 Å². The number of nitrogens with one attached hydrogen (secondary N) is 1. The van der Waals surface area contributed by atoms with Gasteiger partial charge in [0.15, 0.2) is 0 Å². The van der Waals surface area contributed by atoms with Crippen LogP contribution in [0.4, 0.5) is 5.88 Å². The third-order valence-electron chi connectivity index (χ3n) is 2.87. The molecule has 1 aromatic heterocycles. The molecule has 114 valence electrons. The summed E-state index contributed by atoms with van der Waals surface area (Å²) in [7, 11) is 0. The molecule has 0 saturated heterocycles. The summed E-state index contributed by atoms with van der Waals surface area (Å²) in [5.74, 6) is 0.774. The molecule has 0 unspecified atom stereocenters. The van der Waals surface area contributed by atoms with Gasteiger partial charge in [0.05, 0.1) is 6.21 Å². The van der Waals surface area contributed by atoms with Crippen molar-refractivity contribution in [2.75, 3.05) is 11.7 Å². The van der Waals surface area contributed by atoms with E-state index in [1.165, 1.54) is 4.90 Å². The van der Waals surface area contributed by atoms with Crippen molar-refractivity contribution in [3.05, 3.63) is 41.4 Å². The Morgan fingerprint density at radius 2 is 2.00 bits per heavy atom. The van der Waals surface area contributed by atoms with Crippen LogP contribution in [0.25, 0.3) is 0 Å². The Bertz CT molecular complexity index is 705. The molecule has 2 rings (SSSR count). The van der Waals surface area contributed by atoms with E-state index in [9.17, 15) is 0 Å². The molecule has 2 aromatic rings. The number of hydrogen-bond acceptors (Lipinski definition) is 6. The minimum absolute atomic E-state index is 0.208. The van der Waals surface area contributed by atoms with Gasteiger partial charge in [0, 0.05) is 10.3 Å². The van der Waals surface area contributed by atoms with Gasteiger partial charge in [-0.15, -0.1) is 11.8 Å². The molecule has 0 spiro atoms. The Kier molecular flexibility index (Phi) is 4.88. The highest BCUT2D eigenvalue weighted by atomic mass is 32.2. The molecule has 0 aliphatic rings. The van der Waals surface area contributed by atoms with Gasteiger partial charge in [-0.2, -0.15) is 15.3 Å². The Hall–Kier alpha value is -2.26. The van der Waals surface area contributed by atoms with Crippen LogP contribution in [0.1, 0.15) is 37.9 Å². The average Bonchev–Trinajstić information content (AvgIpc) is 2.91. The van der Waals surface area contributed by atoms with E-state index in [1.54, 1.807) is 18.0 Å². The van der Waals surface area contributed by atoms with Gasteiger partial charge in [0.1, 0.15) is 6.07 Å². The number of thioether (sulfide) groups is 1. The lowest BCUT2D eigenvalue weighted by Gasteiger charge is -2.11. The summed E-state index contributed by atoms with van der Waals surface area (Å²) >= 11 is 1.69. The number of hydrazone groups is 1. The molecule has 0 atom stereocenters. The highest BCUT2D eigenvalue weighted by Gasteiger charge is 2.23. The second-order valence-electron chi connectivity index (χ2n) is 5.70. The summed E-state index contributed by atoms with van der Waals surface area (Å²) in [6.45, 7) is 5.92. The van der Waals surface area contributed by atoms with Crippen molar-refractivity contribution in [3.63, 3.8) is 0 Å². The van der Waals surface area contributed by atoms with Gasteiger partial charge in [0.2, 0.25) is 11.6 Å². The molecular weight excluding hydrogens is 296 g/mol. The number of hydrogen-bond donors (Lipinski definition) is 1. The van der Waals surface area contributed by atoms with E-state index in [4.69, 9.17) is 9.68 Å². The van der Waals surface area contributed by atoms with Crippen LogP contribution >= 0.6 is 11.8 Å². The number of rotatable bonds is 4. The molecule has 0 bridgehead atoms. The van der Waals surface area contributed by atoms with Gasteiger partial charge in [0.25, 0.3) is 5.88 Å². The molecule has 0 aliphatic heterocycles. The van der Waals surface area contributed by atoms with E-state index in [-0.39, 0.29) is 17.0 Å². The van der Waals surface area contributed by atoms with Crippen LogP contribution in [-0.4, -0.2) is 17.5 Å². The van der Waals surface area contributed by atoms with Crippen LogP contribution < -0.4 is 5.43 Å². The number of aromatic nitrogens is 1. The molecule has 1 aromatic carbocycles. The van der Waals surface area contributed by atoms with Gasteiger partial charge < -0.3 is 4.42 Å². The van der Waals surface area contributed by atoms with Gasteiger partial charge in [-0.1, -0.05) is 32.9 Å². The Balaban J connectivity index is 2.12. The molecule has 22 heavy (non-hydrogen) atoms. The summed E-state index contributed by atoms with van der Waals surface area (Å²) in [5.41, 5.74) is 3.65. The fourth-order valence-corrected chi connectivity index (χ4v) is 2.06. The van der Waals surface area contributed by atoms with E-state index in [0.717, 1.165) is 5.56 Å². The molecule has 0 amide bonds. The first-order chi connectivity index (χ1) is 10.4. The van der Waals surface area contributed by atoms with Crippen LogP contribution in [-0.2, 0) is 5.41 Å². The highest BCUT2D eigenvalue weighted by molar-refractivity contribution is 7.98. The van der Waals surface area contributed by atoms with Gasteiger partial charge in [-0.25, -0.2) is 5.43 Å². The first kappa shape index (κ1) is 16.1. The number of anilines is 1. The largest absolute Gasteiger partial charge is 0.421 e. The normalized spacial score (nSPS) is 11.6. The lowest BCUT2D eigenvalue weighted by molar-refractivity contribution is 0.399.